The standard InChI is InChI=1S/C12H21N5O2S/c1-3-17-19-9(5-4-6-16-12(13)14-2)10(18)11-15-7-8-20-11/h7-9,17H,3-6H2,1-2H3,(H3,13,14,16)/t9-/m0/s1. The number of hydroxylamine groups is 1. The molecule has 1 aromatic rings. The highest BCUT2D eigenvalue weighted by molar-refractivity contribution is 7.11. The van der Waals surface area contributed by atoms with Crippen LogP contribution in [-0.4, -0.2) is 43.0 Å². The molecule has 0 aliphatic carbocycles. The molecule has 0 aromatic carbocycles. The Balaban J connectivity index is 2.45. The van der Waals surface area contributed by atoms with Crippen LogP contribution in [0.15, 0.2) is 16.6 Å². The third-order valence-corrected chi connectivity index (χ3v) is 3.28. The second kappa shape index (κ2) is 9.40. The number of carbonyl (C=O) groups excluding carboxylic acids is 1. The lowest BCUT2D eigenvalue weighted by molar-refractivity contribution is -0.0151. The summed E-state index contributed by atoms with van der Waals surface area (Å²) in [6, 6.07) is 0. The van der Waals surface area contributed by atoms with E-state index in [-0.39, 0.29) is 5.78 Å². The van der Waals surface area contributed by atoms with Crippen LogP contribution in [0, 0.1) is 0 Å². The number of guanidine groups is 1. The number of ketones is 1. The first-order valence-corrected chi connectivity index (χ1v) is 7.35. The number of aromatic nitrogens is 1. The first kappa shape index (κ1) is 16.5. The molecular formula is C12H21N5O2S. The molecule has 8 heteroatoms. The zero-order valence-corrected chi connectivity index (χ0v) is 12.6. The lowest BCUT2D eigenvalue weighted by Gasteiger charge is -2.15. The largest absolute Gasteiger partial charge is 0.370 e. The first-order chi connectivity index (χ1) is 9.69. The van der Waals surface area contributed by atoms with Gasteiger partial charge in [-0.3, -0.25) is 14.6 Å². The molecule has 0 aliphatic rings. The number of thiazole rings is 1. The Morgan fingerprint density at radius 3 is 3.05 bits per heavy atom. The van der Waals surface area contributed by atoms with Crippen molar-refractivity contribution in [3.05, 3.63) is 16.6 Å². The van der Waals surface area contributed by atoms with Gasteiger partial charge in [0.05, 0.1) is 0 Å². The monoisotopic (exact) mass is 299 g/mol. The average Bonchev–Trinajstić information content (AvgIpc) is 2.99. The van der Waals surface area contributed by atoms with Gasteiger partial charge >= 0.3 is 0 Å². The van der Waals surface area contributed by atoms with Gasteiger partial charge in [-0.2, -0.15) is 0 Å². The maximum absolute atomic E-state index is 12.2. The summed E-state index contributed by atoms with van der Waals surface area (Å²) in [7, 11) is 1.62. The molecule has 4 N–H and O–H groups in total. The van der Waals surface area contributed by atoms with Crippen molar-refractivity contribution >= 4 is 23.1 Å². The Morgan fingerprint density at radius 1 is 1.65 bits per heavy atom. The van der Waals surface area contributed by atoms with E-state index in [9.17, 15) is 4.79 Å². The molecular weight excluding hydrogens is 278 g/mol. The van der Waals surface area contributed by atoms with Crippen molar-refractivity contribution < 1.29 is 9.63 Å². The van der Waals surface area contributed by atoms with Crippen LogP contribution in [-0.2, 0) is 4.84 Å². The van der Waals surface area contributed by atoms with Gasteiger partial charge in [0.1, 0.15) is 6.10 Å². The van der Waals surface area contributed by atoms with E-state index in [0.29, 0.717) is 30.5 Å². The number of Topliss-reactive ketones (excluding diaryl/α,β-unsaturated/α-hetero) is 1. The Labute approximate surface area is 122 Å². The lowest BCUT2D eigenvalue weighted by atomic mass is 10.1. The summed E-state index contributed by atoms with van der Waals surface area (Å²) in [6.45, 7) is 3.18. The molecule has 0 unspecified atom stereocenters. The van der Waals surface area contributed by atoms with Crippen molar-refractivity contribution in [3.8, 4) is 0 Å². The molecule has 0 saturated carbocycles. The zero-order valence-electron chi connectivity index (χ0n) is 11.8. The quantitative estimate of drug-likeness (QED) is 0.202. The summed E-state index contributed by atoms with van der Waals surface area (Å²) in [4.78, 5) is 25.4. The Morgan fingerprint density at radius 2 is 2.45 bits per heavy atom. The van der Waals surface area contributed by atoms with Crippen LogP contribution in [0.4, 0.5) is 0 Å². The van der Waals surface area contributed by atoms with E-state index in [0.717, 1.165) is 6.42 Å². The maximum atomic E-state index is 12.2. The van der Waals surface area contributed by atoms with E-state index in [1.807, 2.05) is 6.92 Å². The van der Waals surface area contributed by atoms with Crippen LogP contribution in [0.5, 0.6) is 0 Å². The Hall–Kier alpha value is -1.51. The normalized spacial score (nSPS) is 13.2. The van der Waals surface area contributed by atoms with Crippen molar-refractivity contribution in [1.29, 1.82) is 0 Å². The van der Waals surface area contributed by atoms with E-state index >= 15 is 0 Å². The highest BCUT2D eigenvalue weighted by atomic mass is 32.1. The Bertz CT molecular complexity index is 421. The molecule has 0 radical (unpaired) electrons. The molecule has 20 heavy (non-hydrogen) atoms. The fourth-order valence-corrected chi connectivity index (χ4v) is 2.11. The molecule has 7 nitrogen and oxygen atoms in total. The maximum Gasteiger partial charge on any atom is 0.222 e. The second-order valence-corrected chi connectivity index (χ2v) is 4.88. The van der Waals surface area contributed by atoms with Crippen molar-refractivity contribution in [3.63, 3.8) is 0 Å². The number of rotatable bonds is 9. The van der Waals surface area contributed by atoms with Gasteiger partial charge in [0.25, 0.3) is 0 Å². The van der Waals surface area contributed by atoms with Crippen LogP contribution < -0.4 is 16.5 Å². The molecule has 0 spiro atoms. The molecule has 1 atom stereocenters. The minimum atomic E-state index is -0.539. The molecule has 0 bridgehead atoms. The van der Waals surface area contributed by atoms with E-state index in [1.165, 1.54) is 11.3 Å². The first-order valence-electron chi connectivity index (χ1n) is 6.47. The smallest absolute Gasteiger partial charge is 0.222 e. The molecule has 1 aromatic heterocycles. The number of hydrogen-bond acceptors (Lipinski definition) is 6. The SMILES string of the molecule is CCNO[C@@H](CCCNC(N)=NC)C(=O)c1nccs1. The molecule has 0 fully saturated rings. The predicted octanol–water partition coefficient (Wildman–Crippen LogP) is 0.550. The lowest BCUT2D eigenvalue weighted by Crippen LogP contribution is -2.34. The topological polar surface area (TPSA) is 102 Å². The third-order valence-electron chi connectivity index (χ3n) is 2.50. The molecule has 1 rings (SSSR count). The fraction of sp³-hybridized carbons (Fsp3) is 0.583. The van der Waals surface area contributed by atoms with Gasteiger partial charge in [-0.05, 0) is 12.8 Å². The summed E-state index contributed by atoms with van der Waals surface area (Å²) in [6.07, 6.45) is 2.39. The van der Waals surface area contributed by atoms with Crippen LogP contribution in [0.2, 0.25) is 0 Å². The van der Waals surface area contributed by atoms with Crippen molar-refractivity contribution in [1.82, 2.24) is 15.8 Å². The van der Waals surface area contributed by atoms with E-state index in [2.05, 4.69) is 20.8 Å². The summed E-state index contributed by atoms with van der Waals surface area (Å²) in [5, 5.41) is 5.19. The van der Waals surface area contributed by atoms with Gasteiger partial charge in [-0.25, -0.2) is 10.5 Å². The number of hydrogen-bond donors (Lipinski definition) is 3. The summed E-state index contributed by atoms with van der Waals surface area (Å²) in [5.41, 5.74) is 8.27. The van der Waals surface area contributed by atoms with Gasteiger partial charge < -0.3 is 11.1 Å². The van der Waals surface area contributed by atoms with Gasteiger partial charge in [-0.1, -0.05) is 6.92 Å². The number of aliphatic imine (C=N–C) groups is 1. The van der Waals surface area contributed by atoms with Crippen molar-refractivity contribution in [2.45, 2.75) is 25.9 Å². The van der Waals surface area contributed by atoms with Gasteiger partial charge in [0.2, 0.25) is 5.78 Å². The van der Waals surface area contributed by atoms with Gasteiger partial charge in [-0.15, -0.1) is 11.3 Å². The number of nitrogens with one attached hydrogen (secondary N) is 2. The molecule has 0 saturated heterocycles. The minimum Gasteiger partial charge on any atom is -0.370 e. The van der Waals surface area contributed by atoms with E-state index in [4.69, 9.17) is 10.6 Å². The van der Waals surface area contributed by atoms with Gasteiger partial charge in [0.15, 0.2) is 11.0 Å². The molecule has 0 aliphatic heterocycles. The third kappa shape index (κ3) is 5.64. The van der Waals surface area contributed by atoms with Crippen molar-refractivity contribution in [2.24, 2.45) is 10.7 Å². The minimum absolute atomic E-state index is 0.0990. The number of carbonyl (C=O) groups is 1. The molecule has 112 valence electrons. The average molecular weight is 299 g/mol. The summed E-state index contributed by atoms with van der Waals surface area (Å²) in [5.74, 6) is 0.290. The highest BCUT2D eigenvalue weighted by Crippen LogP contribution is 2.12. The van der Waals surface area contributed by atoms with Crippen LogP contribution >= 0.6 is 11.3 Å². The predicted molar refractivity (Wildman–Crippen MR) is 79.8 cm³/mol. The second-order valence-electron chi connectivity index (χ2n) is 3.98. The highest BCUT2D eigenvalue weighted by Gasteiger charge is 2.22. The molecule has 1 heterocycles. The zero-order chi connectivity index (χ0) is 14.8. The van der Waals surface area contributed by atoms with Crippen LogP contribution in [0.3, 0.4) is 0 Å². The van der Waals surface area contributed by atoms with Crippen LogP contribution in [0.25, 0.3) is 0 Å². The van der Waals surface area contributed by atoms with E-state index < -0.39 is 6.10 Å². The summed E-state index contributed by atoms with van der Waals surface area (Å²) >= 11 is 1.32. The van der Waals surface area contributed by atoms with Crippen molar-refractivity contribution in [2.75, 3.05) is 20.1 Å². The molecule has 0 amide bonds. The number of nitrogens with two attached hydrogens (primary N) is 1. The van der Waals surface area contributed by atoms with Crippen LogP contribution in [0.1, 0.15) is 29.6 Å². The van der Waals surface area contributed by atoms with Gasteiger partial charge in [0, 0.05) is 31.7 Å². The fourth-order valence-electron chi connectivity index (χ4n) is 1.49. The summed E-state index contributed by atoms with van der Waals surface area (Å²) < 4.78 is 0. The number of nitrogens with zero attached hydrogens (tertiary/aromatic N) is 2. The Kier molecular flexibility index (Phi) is 7.78. The van der Waals surface area contributed by atoms with E-state index in [1.54, 1.807) is 18.6 Å².